The fourth-order valence-electron chi connectivity index (χ4n) is 5.20. The second-order valence-corrected chi connectivity index (χ2v) is 9.35. The minimum absolute atomic E-state index is 0.205. The minimum Gasteiger partial charge on any atom is -0.494 e. The standard InChI is InChI=1S/C25H37FN6O/c1-3-17-9-8-10-18(17)16-27-23-30-24(28-19-11-6-4-5-7-12-19)32-25(31-23)29-20-13-14-22(33-2)21(26)15-20/h13-15,17-19H,3-12,16H2,1-2H3,(H3,27,28,29,30,31,32). The Bertz CT molecular complexity index is 902. The van der Waals surface area contributed by atoms with E-state index in [0.717, 1.165) is 25.3 Å². The van der Waals surface area contributed by atoms with Crippen LogP contribution in [0.1, 0.15) is 71.1 Å². The number of nitrogens with one attached hydrogen (secondary N) is 3. The van der Waals surface area contributed by atoms with Crippen LogP contribution in [-0.4, -0.2) is 34.6 Å². The molecule has 7 nitrogen and oxygen atoms in total. The van der Waals surface area contributed by atoms with Gasteiger partial charge in [0.15, 0.2) is 11.6 Å². The lowest BCUT2D eigenvalue weighted by atomic mass is 9.94. The predicted molar refractivity (Wildman–Crippen MR) is 131 cm³/mol. The lowest BCUT2D eigenvalue weighted by Crippen LogP contribution is -2.22. The average molecular weight is 457 g/mol. The van der Waals surface area contributed by atoms with Crippen molar-refractivity contribution in [3.8, 4) is 5.75 Å². The van der Waals surface area contributed by atoms with Crippen LogP contribution in [0.25, 0.3) is 0 Å². The number of benzene rings is 1. The van der Waals surface area contributed by atoms with E-state index < -0.39 is 5.82 Å². The summed E-state index contributed by atoms with van der Waals surface area (Å²) in [5.41, 5.74) is 0.563. The number of ether oxygens (including phenoxy) is 1. The van der Waals surface area contributed by atoms with Crippen molar-refractivity contribution in [2.45, 2.75) is 77.2 Å². The molecule has 3 N–H and O–H groups in total. The molecule has 2 saturated carbocycles. The van der Waals surface area contributed by atoms with Gasteiger partial charge in [-0.05, 0) is 43.2 Å². The van der Waals surface area contributed by atoms with Gasteiger partial charge in [0.1, 0.15) is 0 Å². The monoisotopic (exact) mass is 456 g/mol. The van der Waals surface area contributed by atoms with Crippen LogP contribution in [0.15, 0.2) is 18.2 Å². The molecule has 180 valence electrons. The highest BCUT2D eigenvalue weighted by molar-refractivity contribution is 5.57. The lowest BCUT2D eigenvalue weighted by molar-refractivity contribution is 0.386. The average Bonchev–Trinajstić information content (AvgIpc) is 3.12. The predicted octanol–water partition coefficient (Wildman–Crippen LogP) is 6.14. The summed E-state index contributed by atoms with van der Waals surface area (Å²) in [6.07, 6.45) is 12.4. The van der Waals surface area contributed by atoms with Gasteiger partial charge in [-0.3, -0.25) is 0 Å². The quantitative estimate of drug-likeness (QED) is 0.391. The van der Waals surface area contributed by atoms with Gasteiger partial charge in [-0.15, -0.1) is 0 Å². The van der Waals surface area contributed by atoms with Crippen molar-refractivity contribution in [2.75, 3.05) is 29.6 Å². The Labute approximate surface area is 196 Å². The summed E-state index contributed by atoms with van der Waals surface area (Å²) in [7, 11) is 1.45. The first-order valence-corrected chi connectivity index (χ1v) is 12.5. The van der Waals surface area contributed by atoms with Crippen LogP contribution in [-0.2, 0) is 0 Å². The molecule has 2 aliphatic carbocycles. The molecule has 0 amide bonds. The first-order valence-electron chi connectivity index (χ1n) is 12.5. The number of nitrogens with zero attached hydrogens (tertiary/aromatic N) is 3. The van der Waals surface area contributed by atoms with E-state index in [1.807, 2.05) is 0 Å². The smallest absolute Gasteiger partial charge is 0.233 e. The largest absolute Gasteiger partial charge is 0.494 e. The Kier molecular flexibility index (Phi) is 8.18. The SMILES string of the molecule is CCC1CCCC1CNc1nc(Nc2ccc(OC)c(F)c2)nc(NC2CCCCCC2)n1. The molecule has 1 aromatic heterocycles. The molecule has 0 spiro atoms. The molecule has 2 fully saturated rings. The van der Waals surface area contributed by atoms with Crippen LogP contribution in [0.5, 0.6) is 5.75 Å². The molecule has 1 aromatic carbocycles. The van der Waals surface area contributed by atoms with Crippen molar-refractivity contribution in [3.05, 3.63) is 24.0 Å². The molecule has 2 unspecified atom stereocenters. The molecule has 2 aliphatic rings. The molecular weight excluding hydrogens is 419 g/mol. The molecule has 2 atom stereocenters. The highest BCUT2D eigenvalue weighted by Gasteiger charge is 2.25. The summed E-state index contributed by atoms with van der Waals surface area (Å²) in [5.74, 6) is 2.70. The molecule has 33 heavy (non-hydrogen) atoms. The van der Waals surface area contributed by atoms with Crippen molar-refractivity contribution < 1.29 is 9.13 Å². The number of halogens is 1. The fourth-order valence-corrected chi connectivity index (χ4v) is 5.20. The topological polar surface area (TPSA) is 84.0 Å². The first-order chi connectivity index (χ1) is 16.1. The van der Waals surface area contributed by atoms with Crippen LogP contribution in [0.4, 0.5) is 27.9 Å². The van der Waals surface area contributed by atoms with Gasteiger partial charge in [-0.1, -0.05) is 51.9 Å². The maximum Gasteiger partial charge on any atom is 0.233 e. The Balaban J connectivity index is 1.52. The summed E-state index contributed by atoms with van der Waals surface area (Å²) in [6.45, 7) is 3.14. The van der Waals surface area contributed by atoms with Crippen molar-refractivity contribution >= 4 is 23.5 Å². The Hall–Kier alpha value is -2.64. The van der Waals surface area contributed by atoms with Crippen LogP contribution in [0, 0.1) is 17.7 Å². The maximum absolute atomic E-state index is 14.2. The third kappa shape index (κ3) is 6.45. The molecule has 2 aromatic rings. The van der Waals surface area contributed by atoms with E-state index in [2.05, 4.69) is 37.8 Å². The zero-order chi connectivity index (χ0) is 23.0. The lowest BCUT2D eigenvalue weighted by Gasteiger charge is -2.20. The molecule has 1 heterocycles. The van der Waals surface area contributed by atoms with Crippen molar-refractivity contribution in [1.29, 1.82) is 0 Å². The van der Waals surface area contributed by atoms with Gasteiger partial charge in [-0.25, -0.2) is 4.39 Å². The third-order valence-electron chi connectivity index (χ3n) is 7.09. The van der Waals surface area contributed by atoms with Gasteiger partial charge >= 0.3 is 0 Å². The van der Waals surface area contributed by atoms with Crippen LogP contribution < -0.4 is 20.7 Å². The number of methoxy groups -OCH3 is 1. The molecule has 8 heteroatoms. The Morgan fingerprint density at radius 2 is 1.64 bits per heavy atom. The molecule has 4 rings (SSSR count). The normalized spacial score (nSPS) is 21.4. The van der Waals surface area contributed by atoms with E-state index in [4.69, 9.17) is 4.74 Å². The molecule has 0 radical (unpaired) electrons. The number of aromatic nitrogens is 3. The molecule has 0 aliphatic heterocycles. The first kappa shape index (κ1) is 23.5. The van der Waals surface area contributed by atoms with E-state index in [0.29, 0.717) is 35.5 Å². The maximum atomic E-state index is 14.2. The van der Waals surface area contributed by atoms with Crippen LogP contribution >= 0.6 is 0 Å². The fraction of sp³-hybridized carbons (Fsp3) is 0.640. The zero-order valence-electron chi connectivity index (χ0n) is 19.9. The third-order valence-corrected chi connectivity index (χ3v) is 7.09. The zero-order valence-corrected chi connectivity index (χ0v) is 19.9. The summed E-state index contributed by atoms with van der Waals surface area (Å²) in [5, 5.41) is 10.1. The van der Waals surface area contributed by atoms with Gasteiger partial charge in [0, 0.05) is 24.3 Å². The highest BCUT2D eigenvalue weighted by Crippen LogP contribution is 2.34. The van der Waals surface area contributed by atoms with Crippen LogP contribution in [0.3, 0.4) is 0 Å². The summed E-state index contributed by atoms with van der Waals surface area (Å²) in [6, 6.07) is 5.10. The van der Waals surface area contributed by atoms with Crippen molar-refractivity contribution in [3.63, 3.8) is 0 Å². The van der Waals surface area contributed by atoms with Gasteiger partial charge < -0.3 is 20.7 Å². The molecular formula is C25H37FN6O. The highest BCUT2D eigenvalue weighted by atomic mass is 19.1. The number of rotatable bonds is 9. The summed E-state index contributed by atoms with van der Waals surface area (Å²) in [4.78, 5) is 13.9. The summed E-state index contributed by atoms with van der Waals surface area (Å²) >= 11 is 0. The van der Waals surface area contributed by atoms with Crippen LogP contribution in [0.2, 0.25) is 0 Å². The summed E-state index contributed by atoms with van der Waals surface area (Å²) < 4.78 is 19.2. The molecule has 0 bridgehead atoms. The van der Waals surface area contributed by atoms with E-state index in [1.54, 1.807) is 12.1 Å². The number of hydrogen-bond acceptors (Lipinski definition) is 7. The number of anilines is 4. The van der Waals surface area contributed by atoms with E-state index >= 15 is 0 Å². The Morgan fingerprint density at radius 1 is 0.909 bits per heavy atom. The number of hydrogen-bond donors (Lipinski definition) is 3. The van der Waals surface area contributed by atoms with Gasteiger partial charge in [0.25, 0.3) is 0 Å². The van der Waals surface area contributed by atoms with E-state index in [-0.39, 0.29) is 5.75 Å². The van der Waals surface area contributed by atoms with E-state index in [1.165, 1.54) is 64.5 Å². The van der Waals surface area contributed by atoms with Gasteiger partial charge in [0.05, 0.1) is 7.11 Å². The van der Waals surface area contributed by atoms with Gasteiger partial charge in [-0.2, -0.15) is 15.0 Å². The Morgan fingerprint density at radius 3 is 2.36 bits per heavy atom. The second kappa shape index (κ2) is 11.5. The van der Waals surface area contributed by atoms with Crippen molar-refractivity contribution in [2.24, 2.45) is 11.8 Å². The van der Waals surface area contributed by atoms with Crippen molar-refractivity contribution in [1.82, 2.24) is 15.0 Å². The molecule has 0 saturated heterocycles. The second-order valence-electron chi connectivity index (χ2n) is 9.35. The van der Waals surface area contributed by atoms with E-state index in [9.17, 15) is 4.39 Å². The van der Waals surface area contributed by atoms with Gasteiger partial charge in [0.2, 0.25) is 17.8 Å². The minimum atomic E-state index is -0.432.